The molecule has 2 N–H and O–H groups in total. The molecule has 0 radical (unpaired) electrons. The second-order valence-electron chi connectivity index (χ2n) is 5.86. The average molecular weight is 260 g/mol. The standard InChI is InChI=1S/C17H28N2/c1-2-17(15-18,16-9-5-3-6-10-16)11-14-19-12-7-4-8-13-19/h3,5-6,9-10H,2,4,7-8,11-15,18H2,1H3. The Hall–Kier alpha value is -0.860. The molecule has 0 saturated carbocycles. The van der Waals surface area contributed by atoms with Crippen LogP contribution < -0.4 is 5.73 Å². The van der Waals surface area contributed by atoms with E-state index >= 15 is 0 Å². The predicted molar refractivity (Wildman–Crippen MR) is 82.4 cm³/mol. The van der Waals surface area contributed by atoms with Crippen LogP contribution in [0.2, 0.25) is 0 Å². The van der Waals surface area contributed by atoms with E-state index < -0.39 is 0 Å². The molecule has 1 aliphatic rings. The molecule has 0 spiro atoms. The SMILES string of the molecule is CCC(CN)(CCN1CCCCC1)c1ccccc1. The summed E-state index contributed by atoms with van der Waals surface area (Å²) in [4.78, 5) is 2.62. The zero-order valence-electron chi connectivity index (χ0n) is 12.3. The van der Waals surface area contributed by atoms with Crippen molar-refractivity contribution in [1.82, 2.24) is 4.90 Å². The van der Waals surface area contributed by atoms with Crippen molar-refractivity contribution >= 4 is 0 Å². The average Bonchev–Trinajstić information content (AvgIpc) is 2.51. The molecule has 1 aromatic carbocycles. The van der Waals surface area contributed by atoms with Crippen molar-refractivity contribution in [2.75, 3.05) is 26.2 Å². The van der Waals surface area contributed by atoms with Gasteiger partial charge in [-0.15, -0.1) is 0 Å². The van der Waals surface area contributed by atoms with Gasteiger partial charge in [-0.25, -0.2) is 0 Å². The van der Waals surface area contributed by atoms with E-state index in [0.29, 0.717) is 0 Å². The molecule has 19 heavy (non-hydrogen) atoms. The maximum atomic E-state index is 6.15. The van der Waals surface area contributed by atoms with Gasteiger partial charge in [0.1, 0.15) is 0 Å². The van der Waals surface area contributed by atoms with E-state index in [1.165, 1.54) is 50.9 Å². The third-order valence-corrected chi connectivity index (χ3v) is 4.81. The first-order valence-electron chi connectivity index (χ1n) is 7.79. The molecule has 1 aliphatic heterocycles. The Kier molecular flexibility index (Phi) is 5.41. The van der Waals surface area contributed by atoms with Crippen LogP contribution in [0.1, 0.15) is 44.6 Å². The van der Waals surface area contributed by atoms with E-state index in [1.807, 2.05) is 0 Å². The monoisotopic (exact) mass is 260 g/mol. The largest absolute Gasteiger partial charge is 0.330 e. The van der Waals surface area contributed by atoms with E-state index in [9.17, 15) is 0 Å². The molecule has 1 atom stereocenters. The van der Waals surface area contributed by atoms with Gasteiger partial charge in [-0.3, -0.25) is 0 Å². The summed E-state index contributed by atoms with van der Waals surface area (Å²) in [6.45, 7) is 6.77. The topological polar surface area (TPSA) is 29.3 Å². The van der Waals surface area contributed by atoms with Crippen LogP contribution in [0, 0.1) is 0 Å². The molecule has 0 bridgehead atoms. The zero-order chi connectivity index (χ0) is 13.6. The number of rotatable bonds is 6. The highest BCUT2D eigenvalue weighted by atomic mass is 15.1. The van der Waals surface area contributed by atoms with Gasteiger partial charge in [0.25, 0.3) is 0 Å². The number of nitrogens with zero attached hydrogens (tertiary/aromatic N) is 1. The highest BCUT2D eigenvalue weighted by molar-refractivity contribution is 5.25. The van der Waals surface area contributed by atoms with Crippen molar-refractivity contribution < 1.29 is 0 Å². The van der Waals surface area contributed by atoms with Crippen LogP contribution in [0.15, 0.2) is 30.3 Å². The van der Waals surface area contributed by atoms with E-state index in [2.05, 4.69) is 42.2 Å². The molecule has 0 aromatic heterocycles. The van der Waals surface area contributed by atoms with E-state index in [-0.39, 0.29) is 5.41 Å². The first kappa shape index (κ1) is 14.5. The number of likely N-dealkylation sites (tertiary alicyclic amines) is 1. The molecule has 1 heterocycles. The number of hydrogen-bond donors (Lipinski definition) is 1. The summed E-state index contributed by atoms with van der Waals surface area (Å²) in [7, 11) is 0. The van der Waals surface area contributed by atoms with Crippen LogP contribution in [0.3, 0.4) is 0 Å². The lowest BCUT2D eigenvalue weighted by Gasteiger charge is -2.35. The fourth-order valence-electron chi connectivity index (χ4n) is 3.24. The Balaban J connectivity index is 2.02. The summed E-state index contributed by atoms with van der Waals surface area (Å²) >= 11 is 0. The molecule has 2 rings (SSSR count). The first-order valence-corrected chi connectivity index (χ1v) is 7.79. The highest BCUT2D eigenvalue weighted by Gasteiger charge is 2.29. The summed E-state index contributed by atoms with van der Waals surface area (Å²) in [6.07, 6.45) is 6.45. The van der Waals surface area contributed by atoms with Crippen LogP contribution in [0.25, 0.3) is 0 Å². The minimum Gasteiger partial charge on any atom is -0.330 e. The van der Waals surface area contributed by atoms with Crippen molar-refractivity contribution in [1.29, 1.82) is 0 Å². The third kappa shape index (κ3) is 3.58. The lowest BCUT2D eigenvalue weighted by atomic mass is 9.75. The summed E-state index contributed by atoms with van der Waals surface area (Å²) < 4.78 is 0. The zero-order valence-corrected chi connectivity index (χ0v) is 12.3. The predicted octanol–water partition coefficient (Wildman–Crippen LogP) is 3.17. The molecule has 0 aliphatic carbocycles. The van der Waals surface area contributed by atoms with Gasteiger partial charge >= 0.3 is 0 Å². The van der Waals surface area contributed by atoms with Crippen LogP contribution in [0.5, 0.6) is 0 Å². The second kappa shape index (κ2) is 7.06. The second-order valence-corrected chi connectivity index (χ2v) is 5.86. The van der Waals surface area contributed by atoms with Gasteiger partial charge in [0.15, 0.2) is 0 Å². The fraction of sp³-hybridized carbons (Fsp3) is 0.647. The number of piperidine rings is 1. The van der Waals surface area contributed by atoms with Gasteiger partial charge in [0, 0.05) is 12.0 Å². The number of benzene rings is 1. The maximum Gasteiger partial charge on any atom is 0.00850 e. The molecule has 0 amide bonds. The highest BCUT2D eigenvalue weighted by Crippen LogP contribution is 2.31. The quantitative estimate of drug-likeness (QED) is 0.851. The van der Waals surface area contributed by atoms with E-state index in [0.717, 1.165) is 13.0 Å². The van der Waals surface area contributed by atoms with Gasteiger partial charge in [-0.2, -0.15) is 0 Å². The van der Waals surface area contributed by atoms with Crippen molar-refractivity contribution in [2.24, 2.45) is 5.73 Å². The van der Waals surface area contributed by atoms with Gasteiger partial charge in [-0.05, 0) is 50.9 Å². The van der Waals surface area contributed by atoms with Crippen LogP contribution in [0.4, 0.5) is 0 Å². The molecule has 2 heteroatoms. The summed E-state index contributed by atoms with van der Waals surface area (Å²) in [6, 6.07) is 10.8. The molecule has 1 fully saturated rings. The lowest BCUT2D eigenvalue weighted by molar-refractivity contribution is 0.202. The Bertz CT molecular complexity index is 351. The fourth-order valence-corrected chi connectivity index (χ4v) is 3.24. The van der Waals surface area contributed by atoms with Gasteiger partial charge < -0.3 is 10.6 Å². The summed E-state index contributed by atoms with van der Waals surface area (Å²) in [5.74, 6) is 0. The minimum atomic E-state index is 0.165. The van der Waals surface area contributed by atoms with Crippen molar-refractivity contribution in [3.05, 3.63) is 35.9 Å². The Labute approximate surface area is 118 Å². The molecular formula is C17H28N2. The van der Waals surface area contributed by atoms with Crippen LogP contribution >= 0.6 is 0 Å². The summed E-state index contributed by atoms with van der Waals surface area (Å²) in [5.41, 5.74) is 7.73. The molecule has 106 valence electrons. The van der Waals surface area contributed by atoms with Crippen molar-refractivity contribution in [3.63, 3.8) is 0 Å². The number of nitrogens with two attached hydrogens (primary N) is 1. The maximum absolute atomic E-state index is 6.15. The smallest absolute Gasteiger partial charge is 0.00850 e. The van der Waals surface area contributed by atoms with Crippen molar-refractivity contribution in [2.45, 2.75) is 44.4 Å². The Morgan fingerprint density at radius 1 is 1.11 bits per heavy atom. The van der Waals surface area contributed by atoms with Crippen LogP contribution in [-0.4, -0.2) is 31.1 Å². The normalized spacial score (nSPS) is 20.1. The lowest BCUT2D eigenvalue weighted by Crippen LogP contribution is -2.40. The first-order chi connectivity index (χ1) is 9.30. The summed E-state index contributed by atoms with van der Waals surface area (Å²) in [5, 5.41) is 0. The molecule has 1 saturated heterocycles. The van der Waals surface area contributed by atoms with E-state index in [1.54, 1.807) is 0 Å². The van der Waals surface area contributed by atoms with Gasteiger partial charge in [-0.1, -0.05) is 43.7 Å². The minimum absolute atomic E-state index is 0.165. The van der Waals surface area contributed by atoms with Crippen LogP contribution in [-0.2, 0) is 5.41 Å². The molecular weight excluding hydrogens is 232 g/mol. The molecule has 1 aromatic rings. The Morgan fingerprint density at radius 3 is 2.37 bits per heavy atom. The van der Waals surface area contributed by atoms with E-state index in [4.69, 9.17) is 5.73 Å². The molecule has 1 unspecified atom stereocenters. The third-order valence-electron chi connectivity index (χ3n) is 4.81. The molecule has 2 nitrogen and oxygen atoms in total. The van der Waals surface area contributed by atoms with Crippen molar-refractivity contribution in [3.8, 4) is 0 Å². The van der Waals surface area contributed by atoms with Gasteiger partial charge in [0.05, 0.1) is 0 Å². The number of hydrogen-bond acceptors (Lipinski definition) is 2. The Morgan fingerprint density at radius 2 is 1.79 bits per heavy atom. The van der Waals surface area contributed by atoms with Gasteiger partial charge in [0.2, 0.25) is 0 Å².